The fraction of sp³-hybridized carbons (Fsp3) is 0.350. The molecule has 0 N–H and O–H groups in total. The van der Waals surface area contributed by atoms with Gasteiger partial charge >= 0.3 is 12.4 Å². The van der Waals surface area contributed by atoms with Crippen molar-refractivity contribution >= 4 is 23.6 Å². The van der Waals surface area contributed by atoms with Gasteiger partial charge < -0.3 is 4.90 Å². The number of hydrogen-bond acceptors (Lipinski definition) is 1. The fourth-order valence-electron chi connectivity index (χ4n) is 2.58. The molecule has 29 heavy (non-hydrogen) atoms. The van der Waals surface area contributed by atoms with E-state index in [0.717, 1.165) is 18.7 Å². The molecule has 0 bridgehead atoms. The monoisotopic (exact) mass is 436 g/mol. The second-order valence-electron chi connectivity index (χ2n) is 6.64. The van der Waals surface area contributed by atoms with Gasteiger partial charge in [0.15, 0.2) is 0 Å². The van der Waals surface area contributed by atoms with Crippen LogP contribution in [-0.4, -0.2) is 24.8 Å². The molecule has 0 fully saturated rings. The third kappa shape index (κ3) is 6.13. The molecule has 2 aromatic carbocycles. The van der Waals surface area contributed by atoms with E-state index < -0.39 is 23.5 Å². The molecule has 2 aromatic rings. The van der Waals surface area contributed by atoms with Crippen LogP contribution in [0.3, 0.4) is 0 Å². The van der Waals surface area contributed by atoms with Crippen LogP contribution in [0.5, 0.6) is 0 Å². The Morgan fingerprint density at radius 2 is 1.52 bits per heavy atom. The summed E-state index contributed by atoms with van der Waals surface area (Å²) in [7, 11) is 1.82. The lowest BCUT2D eigenvalue weighted by atomic mass is 9.96. The predicted octanol–water partition coefficient (Wildman–Crippen LogP) is 6.89. The Morgan fingerprint density at radius 1 is 0.966 bits per heavy atom. The highest BCUT2D eigenvalue weighted by atomic mass is 35.5. The van der Waals surface area contributed by atoms with Gasteiger partial charge in [-0.05, 0) is 67.3 Å². The van der Waals surface area contributed by atoms with Gasteiger partial charge in [-0.2, -0.15) is 26.3 Å². The van der Waals surface area contributed by atoms with Crippen LogP contribution in [0.1, 0.15) is 34.7 Å². The number of aryl methyl sites for hydroxylation is 1. The molecule has 0 aliphatic rings. The van der Waals surface area contributed by atoms with E-state index in [1.807, 2.05) is 18.9 Å². The quantitative estimate of drug-likeness (QED) is 0.283. The zero-order chi connectivity index (χ0) is 22.0. The van der Waals surface area contributed by atoms with Gasteiger partial charge in [0.05, 0.1) is 28.2 Å². The van der Waals surface area contributed by atoms with Crippen molar-refractivity contribution in [2.75, 3.05) is 13.6 Å². The highest BCUT2D eigenvalue weighted by Gasteiger charge is 2.36. The molecule has 0 spiro atoms. The molecule has 0 saturated carbocycles. The molecular weight excluding hydrogens is 418 g/mol. The van der Waals surface area contributed by atoms with E-state index in [9.17, 15) is 26.3 Å². The molecule has 0 radical (unpaired) electrons. The summed E-state index contributed by atoms with van der Waals surface area (Å²) >= 11 is 6.21. The molecular formula is C20H19ClF6N2. The number of aliphatic imine (C=N–C) groups is 1. The van der Waals surface area contributed by atoms with Crippen molar-refractivity contribution in [3.05, 3.63) is 63.2 Å². The maximum atomic E-state index is 13.0. The van der Waals surface area contributed by atoms with Crippen LogP contribution in [0, 0.1) is 6.92 Å². The number of hydrogen-bond donors (Lipinski definition) is 0. The van der Waals surface area contributed by atoms with Gasteiger partial charge in [0.2, 0.25) is 0 Å². The average Bonchev–Trinajstić information content (AvgIpc) is 2.61. The summed E-state index contributed by atoms with van der Waals surface area (Å²) in [5, 5.41) is 0.259. The number of halogens is 7. The lowest BCUT2D eigenvalue weighted by Crippen LogP contribution is -2.14. The van der Waals surface area contributed by atoms with Gasteiger partial charge in [0, 0.05) is 13.6 Å². The Morgan fingerprint density at radius 3 is 2.00 bits per heavy atom. The highest BCUT2D eigenvalue weighted by Crippen LogP contribution is 2.37. The molecule has 2 nitrogen and oxygen atoms in total. The zero-order valence-corrected chi connectivity index (χ0v) is 16.7. The molecule has 0 atom stereocenters. The maximum Gasteiger partial charge on any atom is 0.416 e. The van der Waals surface area contributed by atoms with Crippen LogP contribution in [0.2, 0.25) is 5.02 Å². The summed E-state index contributed by atoms with van der Waals surface area (Å²) in [5.41, 5.74) is -1.14. The summed E-state index contributed by atoms with van der Waals surface area (Å²) < 4.78 is 78.3. The molecule has 0 amide bonds. The minimum atomic E-state index is -4.88. The zero-order valence-electron chi connectivity index (χ0n) is 15.9. The second kappa shape index (κ2) is 8.65. The van der Waals surface area contributed by atoms with Crippen LogP contribution in [0.15, 0.2) is 35.3 Å². The Balaban J connectivity index is 2.43. The minimum absolute atomic E-state index is 0.103. The topological polar surface area (TPSA) is 15.6 Å². The third-order valence-corrected chi connectivity index (χ3v) is 4.64. The molecule has 158 valence electrons. The van der Waals surface area contributed by atoms with Crippen LogP contribution in [0.4, 0.5) is 32.0 Å². The molecule has 0 aliphatic carbocycles. The number of rotatable bonds is 5. The van der Waals surface area contributed by atoms with Crippen molar-refractivity contribution in [2.45, 2.75) is 32.6 Å². The summed E-state index contributed by atoms with van der Waals surface area (Å²) in [6.07, 6.45) is -8.31. The number of alkyl halides is 6. The second-order valence-corrected chi connectivity index (χ2v) is 7.05. The van der Waals surface area contributed by atoms with Crippen LogP contribution >= 0.6 is 11.6 Å². The molecule has 9 heteroatoms. The third-order valence-electron chi connectivity index (χ3n) is 4.34. The van der Waals surface area contributed by atoms with Gasteiger partial charge in [-0.1, -0.05) is 11.6 Å². The van der Waals surface area contributed by atoms with Crippen molar-refractivity contribution < 1.29 is 26.3 Å². The Labute approximate surface area is 169 Å². The van der Waals surface area contributed by atoms with E-state index >= 15 is 0 Å². The Kier molecular flexibility index (Phi) is 6.88. The lowest BCUT2D eigenvalue weighted by molar-refractivity contribution is -0.143. The largest absolute Gasteiger partial charge is 0.416 e. The molecule has 0 aliphatic heterocycles. The van der Waals surface area contributed by atoms with Gasteiger partial charge in [-0.25, -0.2) is 4.99 Å². The Bertz CT molecular complexity index is 871. The van der Waals surface area contributed by atoms with Gasteiger partial charge in [-0.3, -0.25) is 0 Å². The standard InChI is InChI=1S/C20H19ClF6N2/c1-4-29(3)11-28-18-5-12(2)14(9-17(18)21)6-13-7-15(19(22,23)24)10-16(8-13)20(25,26)27/h5,7-11H,4,6H2,1-3H3/b28-11-. The molecule has 0 saturated heterocycles. The lowest BCUT2D eigenvalue weighted by Gasteiger charge is -2.15. The molecule has 0 heterocycles. The van der Waals surface area contributed by atoms with E-state index in [1.165, 1.54) is 6.07 Å². The minimum Gasteiger partial charge on any atom is -0.366 e. The summed E-state index contributed by atoms with van der Waals surface area (Å²) in [4.78, 5) is 6.07. The van der Waals surface area contributed by atoms with Gasteiger partial charge in [0.1, 0.15) is 0 Å². The van der Waals surface area contributed by atoms with E-state index in [4.69, 9.17) is 11.6 Å². The first-order chi connectivity index (χ1) is 13.3. The van der Waals surface area contributed by atoms with Gasteiger partial charge in [-0.15, -0.1) is 0 Å². The number of benzene rings is 2. The molecule has 0 aromatic heterocycles. The van der Waals surface area contributed by atoms with E-state index in [-0.39, 0.29) is 23.1 Å². The molecule has 0 unspecified atom stereocenters. The van der Waals surface area contributed by atoms with E-state index in [1.54, 1.807) is 19.3 Å². The van der Waals surface area contributed by atoms with E-state index in [2.05, 4.69) is 4.99 Å². The van der Waals surface area contributed by atoms with Crippen molar-refractivity contribution in [1.82, 2.24) is 4.90 Å². The SMILES string of the molecule is CCN(C)/C=N\c1cc(C)c(Cc2cc(C(F)(F)F)cc(C(F)(F)F)c2)cc1Cl. The van der Waals surface area contributed by atoms with Crippen molar-refractivity contribution in [3.8, 4) is 0 Å². The Hall–Kier alpha value is -2.22. The van der Waals surface area contributed by atoms with Crippen molar-refractivity contribution in [2.24, 2.45) is 4.99 Å². The van der Waals surface area contributed by atoms with Gasteiger partial charge in [0.25, 0.3) is 0 Å². The summed E-state index contributed by atoms with van der Waals surface area (Å²) in [6, 6.07) is 4.74. The smallest absolute Gasteiger partial charge is 0.366 e. The number of nitrogens with zero attached hydrogens (tertiary/aromatic N) is 2. The first kappa shape index (κ1) is 23.1. The van der Waals surface area contributed by atoms with Crippen LogP contribution < -0.4 is 0 Å². The average molecular weight is 437 g/mol. The van der Waals surface area contributed by atoms with Crippen LogP contribution in [-0.2, 0) is 18.8 Å². The predicted molar refractivity (Wildman–Crippen MR) is 102 cm³/mol. The van der Waals surface area contributed by atoms with Crippen molar-refractivity contribution in [1.29, 1.82) is 0 Å². The van der Waals surface area contributed by atoms with E-state index in [0.29, 0.717) is 16.8 Å². The normalized spacial score (nSPS) is 12.6. The maximum absolute atomic E-state index is 13.0. The first-order valence-corrected chi connectivity index (χ1v) is 9.01. The van der Waals surface area contributed by atoms with Crippen LogP contribution in [0.25, 0.3) is 0 Å². The van der Waals surface area contributed by atoms with Crippen molar-refractivity contribution in [3.63, 3.8) is 0 Å². The summed E-state index contributed by atoms with van der Waals surface area (Å²) in [6.45, 7) is 4.37. The molecule has 2 rings (SSSR count). The highest BCUT2D eigenvalue weighted by molar-refractivity contribution is 6.33. The fourth-order valence-corrected chi connectivity index (χ4v) is 2.82. The summed E-state index contributed by atoms with van der Waals surface area (Å²) in [5.74, 6) is 0. The first-order valence-electron chi connectivity index (χ1n) is 8.63.